The van der Waals surface area contributed by atoms with Gasteiger partial charge < -0.3 is 15.7 Å². The number of phenolic OH excluding ortho intramolecular Hbond substituents is 1. The Labute approximate surface area is 168 Å². The predicted molar refractivity (Wildman–Crippen MR) is 117 cm³/mol. The average Bonchev–Trinajstić information content (AvgIpc) is 3.09. The molecule has 3 aromatic rings. The van der Waals surface area contributed by atoms with Gasteiger partial charge in [0, 0.05) is 11.7 Å². The monoisotopic (exact) mass is 397 g/mol. The van der Waals surface area contributed by atoms with E-state index in [2.05, 4.69) is 22.5 Å². The maximum Gasteiger partial charge on any atom is 0.171 e. The van der Waals surface area contributed by atoms with Gasteiger partial charge in [-0.2, -0.15) is 0 Å². The minimum absolute atomic E-state index is 0.222. The van der Waals surface area contributed by atoms with Crippen molar-refractivity contribution in [3.8, 4) is 16.3 Å². The molecular weight excluding hydrogens is 374 g/mol. The van der Waals surface area contributed by atoms with Crippen molar-refractivity contribution < 1.29 is 5.11 Å². The maximum absolute atomic E-state index is 10.3. The van der Waals surface area contributed by atoms with Gasteiger partial charge >= 0.3 is 0 Å². The Morgan fingerprint density at radius 3 is 2.81 bits per heavy atom. The second kappa shape index (κ2) is 7.82. The zero-order chi connectivity index (χ0) is 18.8. The van der Waals surface area contributed by atoms with Crippen LogP contribution in [-0.2, 0) is 0 Å². The van der Waals surface area contributed by atoms with E-state index in [0.29, 0.717) is 17.1 Å². The number of hydrogen-bond donors (Lipinski definition) is 3. The molecule has 1 aromatic heterocycles. The van der Waals surface area contributed by atoms with Crippen molar-refractivity contribution in [2.24, 2.45) is 5.92 Å². The summed E-state index contributed by atoms with van der Waals surface area (Å²) in [7, 11) is 0. The topological polar surface area (TPSA) is 57.2 Å². The van der Waals surface area contributed by atoms with Crippen molar-refractivity contribution in [1.29, 1.82) is 0 Å². The highest BCUT2D eigenvalue weighted by molar-refractivity contribution is 7.80. The fourth-order valence-corrected chi connectivity index (χ4v) is 4.90. The highest BCUT2D eigenvalue weighted by Crippen LogP contribution is 2.36. The minimum Gasteiger partial charge on any atom is -0.507 e. The Hall–Kier alpha value is -2.18. The lowest BCUT2D eigenvalue weighted by Gasteiger charge is -2.30. The summed E-state index contributed by atoms with van der Waals surface area (Å²) in [4.78, 5) is 4.65. The van der Waals surface area contributed by atoms with Gasteiger partial charge in [0.1, 0.15) is 10.8 Å². The van der Waals surface area contributed by atoms with Crippen LogP contribution in [0.25, 0.3) is 20.8 Å². The molecule has 1 saturated carbocycles. The Bertz CT molecular complexity index is 936. The molecule has 6 heteroatoms. The number of thiazole rings is 1. The van der Waals surface area contributed by atoms with Crippen LogP contribution in [0.4, 0.5) is 5.69 Å². The van der Waals surface area contributed by atoms with Crippen LogP contribution in [0.15, 0.2) is 42.5 Å². The molecule has 27 heavy (non-hydrogen) atoms. The lowest BCUT2D eigenvalue weighted by Crippen LogP contribution is -2.43. The first-order valence-corrected chi connectivity index (χ1v) is 10.6. The van der Waals surface area contributed by atoms with Gasteiger partial charge in [0.15, 0.2) is 5.11 Å². The van der Waals surface area contributed by atoms with E-state index >= 15 is 0 Å². The van der Waals surface area contributed by atoms with E-state index in [1.165, 1.54) is 19.3 Å². The molecule has 1 fully saturated rings. The fourth-order valence-electron chi connectivity index (χ4n) is 3.64. The third kappa shape index (κ3) is 4.06. The van der Waals surface area contributed by atoms with E-state index in [0.717, 1.165) is 32.9 Å². The van der Waals surface area contributed by atoms with Crippen molar-refractivity contribution in [1.82, 2.24) is 10.3 Å². The summed E-state index contributed by atoms with van der Waals surface area (Å²) < 4.78 is 1.11. The SMILES string of the molecule is C[C@@H]1CCCC[C@H]1NC(=S)Nc1ccc(O)c(-c2nc3ccccc3s2)c1. The first-order chi connectivity index (χ1) is 13.1. The largest absolute Gasteiger partial charge is 0.507 e. The van der Waals surface area contributed by atoms with Crippen molar-refractivity contribution >= 4 is 44.6 Å². The van der Waals surface area contributed by atoms with Gasteiger partial charge in [0.25, 0.3) is 0 Å². The van der Waals surface area contributed by atoms with Crippen molar-refractivity contribution in [2.45, 2.75) is 38.6 Å². The normalized spacial score (nSPS) is 19.7. The first kappa shape index (κ1) is 18.2. The number of rotatable bonds is 3. The highest BCUT2D eigenvalue weighted by Gasteiger charge is 2.21. The number of thiocarbonyl (C=S) groups is 1. The number of phenols is 1. The van der Waals surface area contributed by atoms with E-state index in [-0.39, 0.29) is 5.75 Å². The summed E-state index contributed by atoms with van der Waals surface area (Å²) in [5.74, 6) is 0.857. The van der Waals surface area contributed by atoms with Gasteiger partial charge in [0.05, 0.1) is 15.8 Å². The third-order valence-corrected chi connectivity index (χ3v) is 6.50. The van der Waals surface area contributed by atoms with Crippen molar-refractivity contribution in [2.75, 3.05) is 5.32 Å². The van der Waals surface area contributed by atoms with Gasteiger partial charge in [-0.3, -0.25) is 0 Å². The molecule has 4 rings (SSSR count). The molecule has 2 atom stereocenters. The van der Waals surface area contributed by atoms with Crippen LogP contribution in [-0.4, -0.2) is 21.2 Å². The van der Waals surface area contributed by atoms with Gasteiger partial charge in [-0.1, -0.05) is 31.9 Å². The van der Waals surface area contributed by atoms with Crippen LogP contribution in [0.1, 0.15) is 32.6 Å². The fraction of sp³-hybridized carbons (Fsp3) is 0.333. The number of anilines is 1. The van der Waals surface area contributed by atoms with Crippen LogP contribution >= 0.6 is 23.6 Å². The van der Waals surface area contributed by atoms with Gasteiger partial charge in [0.2, 0.25) is 0 Å². The Kier molecular flexibility index (Phi) is 5.27. The molecule has 0 saturated heterocycles. The average molecular weight is 398 g/mol. The number of aromatic nitrogens is 1. The maximum atomic E-state index is 10.3. The molecule has 1 aliphatic carbocycles. The molecule has 140 valence electrons. The molecule has 0 amide bonds. The second-order valence-electron chi connectivity index (χ2n) is 7.19. The number of benzene rings is 2. The molecule has 1 heterocycles. The smallest absolute Gasteiger partial charge is 0.171 e. The summed E-state index contributed by atoms with van der Waals surface area (Å²) in [6.45, 7) is 2.28. The zero-order valence-corrected chi connectivity index (χ0v) is 16.9. The van der Waals surface area contributed by atoms with Gasteiger partial charge in [-0.15, -0.1) is 11.3 Å². The Morgan fingerprint density at radius 1 is 1.19 bits per heavy atom. The van der Waals surface area contributed by atoms with Gasteiger partial charge in [-0.05, 0) is 61.3 Å². The molecule has 0 aliphatic heterocycles. The Balaban J connectivity index is 1.52. The number of nitrogens with one attached hydrogen (secondary N) is 2. The second-order valence-corrected chi connectivity index (χ2v) is 8.62. The summed E-state index contributed by atoms with van der Waals surface area (Å²) in [5.41, 5.74) is 2.51. The minimum atomic E-state index is 0.222. The van der Waals surface area contributed by atoms with Crippen molar-refractivity contribution in [3.63, 3.8) is 0 Å². The predicted octanol–water partition coefficient (Wildman–Crippen LogP) is 5.53. The molecule has 1 aliphatic rings. The van der Waals surface area contributed by atoms with Crippen molar-refractivity contribution in [3.05, 3.63) is 42.5 Å². The lowest BCUT2D eigenvalue weighted by atomic mass is 9.86. The Morgan fingerprint density at radius 2 is 2.00 bits per heavy atom. The molecule has 4 nitrogen and oxygen atoms in total. The zero-order valence-electron chi connectivity index (χ0n) is 15.2. The summed E-state index contributed by atoms with van der Waals surface area (Å²) in [6.07, 6.45) is 4.98. The number of nitrogens with zero attached hydrogens (tertiary/aromatic N) is 1. The standard InChI is InChI=1S/C21H23N3OS2/c1-13-6-2-3-7-16(13)24-21(26)22-14-10-11-18(25)15(12-14)20-23-17-8-4-5-9-19(17)27-20/h4-5,8-13,16,25H,2-3,6-7H2,1H3,(H2,22,24,26)/t13-,16-/m1/s1. The summed E-state index contributed by atoms with van der Waals surface area (Å²) in [6, 6.07) is 13.9. The van der Waals surface area contributed by atoms with E-state index in [1.807, 2.05) is 36.4 Å². The van der Waals surface area contributed by atoms with Gasteiger partial charge in [-0.25, -0.2) is 4.98 Å². The highest BCUT2D eigenvalue weighted by atomic mass is 32.1. The first-order valence-electron chi connectivity index (χ1n) is 9.36. The molecule has 0 radical (unpaired) electrons. The lowest BCUT2D eigenvalue weighted by molar-refractivity contribution is 0.309. The van der Waals surface area contributed by atoms with Crippen LogP contribution in [0.3, 0.4) is 0 Å². The number of fused-ring (bicyclic) bond motifs is 1. The van der Waals surface area contributed by atoms with E-state index < -0.39 is 0 Å². The number of para-hydroxylation sites is 1. The molecule has 0 spiro atoms. The van der Waals surface area contributed by atoms with Crippen LogP contribution in [0.2, 0.25) is 0 Å². The third-order valence-electron chi connectivity index (χ3n) is 5.21. The number of aromatic hydroxyl groups is 1. The van der Waals surface area contributed by atoms with E-state index in [9.17, 15) is 5.11 Å². The van der Waals surface area contributed by atoms with E-state index in [1.54, 1.807) is 17.4 Å². The summed E-state index contributed by atoms with van der Waals surface area (Å²) in [5, 5.41) is 18.5. The van der Waals surface area contributed by atoms with Crippen LogP contribution in [0.5, 0.6) is 5.75 Å². The van der Waals surface area contributed by atoms with Crippen LogP contribution < -0.4 is 10.6 Å². The molecule has 3 N–H and O–H groups in total. The molecule has 0 bridgehead atoms. The molecular formula is C21H23N3OS2. The molecule has 0 unspecified atom stereocenters. The number of hydrogen-bond acceptors (Lipinski definition) is 4. The summed E-state index contributed by atoms with van der Waals surface area (Å²) >= 11 is 7.09. The molecule has 2 aromatic carbocycles. The quantitative estimate of drug-likeness (QED) is 0.400. The van der Waals surface area contributed by atoms with E-state index in [4.69, 9.17) is 12.2 Å². The van der Waals surface area contributed by atoms with Crippen LogP contribution in [0, 0.1) is 5.92 Å².